The minimum absolute atomic E-state index is 0.0418. The minimum Gasteiger partial charge on any atom is -0.744 e. The van der Waals surface area contributed by atoms with Gasteiger partial charge in [0, 0.05) is 6.42 Å². The third kappa shape index (κ3) is 4.98. The van der Waals surface area contributed by atoms with E-state index < -0.39 is 41.5 Å². The number of hydrogen-bond donors (Lipinski definition) is 1. The van der Waals surface area contributed by atoms with Crippen LogP contribution in [0, 0.1) is 11.3 Å². The summed E-state index contributed by atoms with van der Waals surface area (Å²) in [4.78, 5) is 15.8. The highest BCUT2D eigenvalue weighted by Gasteiger charge is 2.30. The monoisotopic (exact) mass is 526 g/mol. The summed E-state index contributed by atoms with van der Waals surface area (Å²) in [7, 11) is -10.3. The number of fused-ring (bicyclic) bond motifs is 4. The molecule has 0 spiro atoms. The summed E-state index contributed by atoms with van der Waals surface area (Å²) in [5.41, 5.74) is 4.26. The normalized spacial score (nSPS) is 21.5. The van der Waals surface area contributed by atoms with Gasteiger partial charge in [0.15, 0.2) is 5.78 Å². The van der Waals surface area contributed by atoms with Crippen LogP contribution in [0.5, 0.6) is 0 Å². The molecule has 2 aliphatic rings. The minimum atomic E-state index is -5.23. The molecule has 36 heavy (non-hydrogen) atoms. The van der Waals surface area contributed by atoms with E-state index >= 15 is 0 Å². The number of ketones is 1. The first-order valence-corrected chi connectivity index (χ1v) is 13.4. The summed E-state index contributed by atoms with van der Waals surface area (Å²) < 4.78 is 68.9. The quantitative estimate of drug-likeness (QED) is 0.460. The number of hydrogen-bond acceptors (Lipinski definition) is 11. The van der Waals surface area contributed by atoms with E-state index in [1.165, 1.54) is 6.92 Å². The van der Waals surface area contributed by atoms with E-state index in [4.69, 9.17) is 0 Å². The van der Waals surface area contributed by atoms with Crippen LogP contribution < -0.4 is 5.43 Å². The van der Waals surface area contributed by atoms with E-state index in [0.717, 1.165) is 17.7 Å². The number of carbonyl (C=O) groups excluding carboxylic acids is 1. The van der Waals surface area contributed by atoms with Crippen molar-refractivity contribution in [1.82, 2.24) is 0 Å². The summed E-state index contributed by atoms with van der Waals surface area (Å²) in [5, 5.41) is 13.9. The van der Waals surface area contributed by atoms with Crippen molar-refractivity contribution in [2.45, 2.75) is 41.9 Å². The Labute approximate surface area is 207 Å². The number of para-hydroxylation sites is 1. The molecule has 1 N–H and O–H groups in total. The lowest BCUT2D eigenvalue weighted by Crippen LogP contribution is -2.19. The maximum atomic E-state index is 13.1. The van der Waals surface area contributed by atoms with E-state index in [9.17, 15) is 36.0 Å². The van der Waals surface area contributed by atoms with Crippen LogP contribution in [-0.2, 0) is 25.0 Å². The molecule has 1 aliphatic heterocycles. The molecule has 4 rings (SSSR count). The van der Waals surface area contributed by atoms with Crippen LogP contribution in [-0.4, -0.2) is 43.1 Å². The lowest BCUT2D eigenvalue weighted by Gasteiger charge is -2.23. The number of nitrogens with one attached hydrogen (secondary N) is 1. The standard InChI is InChI=1S/C23H20N4O7S2/c1-13-17(12-24)20-10-14(16-4-2-3-5-18(16)25-20)6-9-21(28)23(13)27-26-19-8-7-15(35(29,30)31)11-22(19)36(32,33)34/h2-5,7-8,11,14,26H,6,9-10H2,1H3,(H,29,30,31)(H,32,33,34)/p-2/b17-13-,27-23+. The van der Waals surface area contributed by atoms with E-state index in [1.807, 2.05) is 24.3 Å². The molecule has 1 atom stereocenters. The molecule has 1 heterocycles. The molecule has 186 valence electrons. The van der Waals surface area contributed by atoms with Gasteiger partial charge in [-0.05, 0) is 61.1 Å². The predicted molar refractivity (Wildman–Crippen MR) is 127 cm³/mol. The van der Waals surface area contributed by atoms with E-state index in [2.05, 4.69) is 21.6 Å². The average Bonchev–Trinajstić information content (AvgIpc) is 2.84. The maximum absolute atomic E-state index is 13.1. The fraction of sp³-hybridized carbons (Fsp3) is 0.217. The molecule has 2 aromatic rings. The summed E-state index contributed by atoms with van der Waals surface area (Å²) >= 11 is 0. The largest absolute Gasteiger partial charge is 0.744 e. The number of nitrogens with zero attached hydrogens (tertiary/aromatic N) is 3. The van der Waals surface area contributed by atoms with Crippen molar-refractivity contribution in [1.29, 1.82) is 5.26 Å². The van der Waals surface area contributed by atoms with Crippen LogP contribution >= 0.6 is 0 Å². The first kappa shape index (κ1) is 25.4. The van der Waals surface area contributed by atoms with Gasteiger partial charge in [-0.25, -0.2) is 16.8 Å². The smallest absolute Gasteiger partial charge is 0.183 e. The van der Waals surface area contributed by atoms with Gasteiger partial charge >= 0.3 is 0 Å². The van der Waals surface area contributed by atoms with Crippen molar-refractivity contribution >= 4 is 48.8 Å². The van der Waals surface area contributed by atoms with Crippen LogP contribution in [0.25, 0.3) is 0 Å². The number of Topliss-reactive ketones (excluding diaryl/α,β-unsaturated/α-hetero) is 1. The Kier molecular flexibility index (Phi) is 6.63. The zero-order valence-corrected chi connectivity index (χ0v) is 20.4. The molecule has 0 saturated heterocycles. The van der Waals surface area contributed by atoms with Crippen LogP contribution in [0.4, 0.5) is 11.4 Å². The maximum Gasteiger partial charge on any atom is 0.183 e. The SMILES string of the molecule is C/C1=C(\C#N)C2=Nc3ccccc3C(CCC(=O)\C1=N\Nc1ccc(S(=O)(=O)[O-])cc1S(=O)(=O)[O-])C2. The van der Waals surface area contributed by atoms with Gasteiger partial charge in [-0.1, -0.05) is 18.2 Å². The molecule has 1 unspecified atom stereocenters. The fourth-order valence-corrected chi connectivity index (χ4v) is 5.45. The zero-order valence-electron chi connectivity index (χ0n) is 18.8. The van der Waals surface area contributed by atoms with Crippen LogP contribution in [0.15, 0.2) is 73.5 Å². The molecule has 0 radical (unpaired) electrons. The third-order valence-electron chi connectivity index (χ3n) is 5.99. The van der Waals surface area contributed by atoms with E-state index in [1.54, 1.807) is 0 Å². The van der Waals surface area contributed by atoms with Gasteiger partial charge in [0.05, 0.1) is 32.5 Å². The van der Waals surface area contributed by atoms with Crippen molar-refractivity contribution in [2.75, 3.05) is 5.43 Å². The summed E-state index contributed by atoms with van der Waals surface area (Å²) in [6.07, 6.45) is 0.980. The molecule has 0 amide bonds. The molecule has 13 heteroatoms. The molecule has 1 aliphatic carbocycles. The molecule has 0 fully saturated rings. The van der Waals surface area contributed by atoms with Crippen molar-refractivity contribution in [3.63, 3.8) is 0 Å². The van der Waals surface area contributed by atoms with Gasteiger partial charge < -0.3 is 9.11 Å². The number of allylic oxidation sites excluding steroid dienone is 2. The van der Waals surface area contributed by atoms with Crippen LogP contribution in [0.1, 0.15) is 37.7 Å². The van der Waals surface area contributed by atoms with Crippen LogP contribution in [0.2, 0.25) is 0 Å². The van der Waals surface area contributed by atoms with Gasteiger partial charge in [0.2, 0.25) is 0 Å². The Morgan fingerprint density at radius 2 is 1.83 bits per heavy atom. The van der Waals surface area contributed by atoms with Crippen molar-refractivity contribution in [3.8, 4) is 6.07 Å². The van der Waals surface area contributed by atoms with Crippen molar-refractivity contribution < 1.29 is 30.7 Å². The highest BCUT2D eigenvalue weighted by Crippen LogP contribution is 2.39. The summed E-state index contributed by atoms with van der Waals surface area (Å²) in [6.45, 7) is 1.51. The van der Waals surface area contributed by atoms with Gasteiger partial charge in [-0.3, -0.25) is 15.2 Å². The lowest BCUT2D eigenvalue weighted by atomic mass is 9.84. The van der Waals surface area contributed by atoms with Crippen molar-refractivity contribution in [2.24, 2.45) is 10.1 Å². The van der Waals surface area contributed by atoms with Crippen LogP contribution in [0.3, 0.4) is 0 Å². The average molecular weight is 527 g/mol. The first-order chi connectivity index (χ1) is 16.9. The molecule has 11 nitrogen and oxygen atoms in total. The molecule has 2 bridgehead atoms. The first-order valence-electron chi connectivity index (χ1n) is 10.6. The zero-order chi connectivity index (χ0) is 26.3. The Bertz CT molecular complexity index is 1630. The molecule has 2 aromatic carbocycles. The van der Waals surface area contributed by atoms with Gasteiger partial charge in [-0.15, -0.1) is 0 Å². The van der Waals surface area contributed by atoms with Crippen molar-refractivity contribution in [3.05, 3.63) is 59.2 Å². The topological polar surface area (TPSA) is 192 Å². The number of carbonyl (C=O) groups is 1. The summed E-state index contributed by atoms with van der Waals surface area (Å²) in [6, 6.07) is 11.7. The Morgan fingerprint density at radius 1 is 1.11 bits per heavy atom. The molecular weight excluding hydrogens is 508 g/mol. The fourth-order valence-electron chi connectivity index (χ4n) is 4.22. The second-order valence-electron chi connectivity index (χ2n) is 8.23. The number of anilines is 1. The number of aliphatic imine (C=N–C) groups is 1. The predicted octanol–water partition coefficient (Wildman–Crippen LogP) is 2.73. The van der Waals surface area contributed by atoms with Gasteiger partial charge in [-0.2, -0.15) is 10.4 Å². The Balaban J connectivity index is 1.82. The lowest BCUT2D eigenvalue weighted by molar-refractivity contribution is -0.113. The molecule has 0 saturated carbocycles. The van der Waals surface area contributed by atoms with E-state index in [0.29, 0.717) is 30.3 Å². The summed E-state index contributed by atoms with van der Waals surface area (Å²) in [5.74, 6) is -0.469. The molecule has 0 aromatic heterocycles. The third-order valence-corrected chi connectivity index (χ3v) is 7.69. The van der Waals surface area contributed by atoms with E-state index in [-0.39, 0.29) is 29.2 Å². The number of hydrazone groups is 1. The Morgan fingerprint density at radius 3 is 2.50 bits per heavy atom. The Hall–Kier alpha value is -3.70. The highest BCUT2D eigenvalue weighted by molar-refractivity contribution is 7.86. The number of nitriles is 1. The highest BCUT2D eigenvalue weighted by atomic mass is 32.2. The number of rotatable bonds is 4. The second-order valence-corrected chi connectivity index (χ2v) is 11.0. The number of benzene rings is 2. The molecular formula is C23H18N4O7S2-2. The van der Waals surface area contributed by atoms with Gasteiger partial charge in [0.25, 0.3) is 0 Å². The second kappa shape index (κ2) is 9.40. The van der Waals surface area contributed by atoms with Gasteiger partial charge in [0.1, 0.15) is 32.0 Å².